The topological polar surface area (TPSA) is 96.0 Å². The maximum atomic E-state index is 12.4. The summed E-state index contributed by atoms with van der Waals surface area (Å²) in [6.45, 7) is 0.136. The van der Waals surface area contributed by atoms with Gasteiger partial charge in [0.2, 0.25) is 11.9 Å². The molecule has 1 atom stereocenters. The van der Waals surface area contributed by atoms with Gasteiger partial charge in [0.25, 0.3) is 0 Å². The van der Waals surface area contributed by atoms with E-state index in [0.717, 1.165) is 0 Å². The van der Waals surface area contributed by atoms with E-state index in [1.807, 2.05) is 0 Å². The van der Waals surface area contributed by atoms with E-state index in [9.17, 15) is 17.1 Å². The summed E-state index contributed by atoms with van der Waals surface area (Å²) >= 11 is 0. The van der Waals surface area contributed by atoms with Crippen molar-refractivity contribution in [2.75, 3.05) is 17.2 Å². The minimum atomic E-state index is -4.55. The molecule has 1 saturated heterocycles. The second-order valence-electron chi connectivity index (χ2n) is 3.59. The highest BCUT2D eigenvalue weighted by Gasteiger charge is 2.34. The lowest BCUT2D eigenvalue weighted by atomic mass is 10.1. The Labute approximate surface area is 90.9 Å². The van der Waals surface area contributed by atoms with E-state index in [0.29, 0.717) is 0 Å². The smallest absolute Gasteiger partial charge is 0.281 e. The van der Waals surface area contributed by atoms with E-state index in [4.69, 9.17) is 0 Å². The monoisotopic (exact) mass is 248 g/mol. The standard InChI is InChI=1S/C7H9FN4O3S/c8-16(14,15)3-5-1-6(13)12(2-5)7-9-4-10-11-7/h4-5H,1-3H2,(H,9,10,11). The first-order chi connectivity index (χ1) is 7.46. The second kappa shape index (κ2) is 3.81. The maximum Gasteiger partial charge on any atom is 0.302 e. The van der Waals surface area contributed by atoms with Crippen LogP contribution in [-0.4, -0.2) is 41.8 Å². The highest BCUT2D eigenvalue weighted by Crippen LogP contribution is 2.23. The van der Waals surface area contributed by atoms with Crippen LogP contribution in [-0.2, 0) is 15.0 Å². The molecule has 2 heterocycles. The quantitative estimate of drug-likeness (QED) is 0.724. The number of nitrogens with zero attached hydrogens (tertiary/aromatic N) is 3. The van der Waals surface area contributed by atoms with Crippen LogP contribution in [0.25, 0.3) is 0 Å². The Balaban J connectivity index is 2.08. The van der Waals surface area contributed by atoms with Crippen LogP contribution >= 0.6 is 0 Å². The van der Waals surface area contributed by atoms with Gasteiger partial charge >= 0.3 is 10.2 Å². The molecule has 1 N–H and O–H groups in total. The van der Waals surface area contributed by atoms with Crippen molar-refractivity contribution in [3.05, 3.63) is 6.33 Å². The van der Waals surface area contributed by atoms with Gasteiger partial charge in [-0.05, 0) is 0 Å². The van der Waals surface area contributed by atoms with Crippen LogP contribution in [0.15, 0.2) is 6.33 Å². The van der Waals surface area contributed by atoms with Crippen LogP contribution in [0.5, 0.6) is 0 Å². The summed E-state index contributed by atoms with van der Waals surface area (Å²) in [4.78, 5) is 16.5. The minimum Gasteiger partial charge on any atom is -0.281 e. The number of amides is 1. The normalized spacial score (nSPS) is 21.7. The summed E-state index contributed by atoms with van der Waals surface area (Å²) in [6, 6.07) is 0. The molecule has 2 rings (SSSR count). The molecule has 1 aliphatic heterocycles. The Hall–Kier alpha value is -1.51. The van der Waals surface area contributed by atoms with Gasteiger partial charge in [0.05, 0.1) is 5.75 Å². The predicted molar refractivity (Wildman–Crippen MR) is 51.7 cm³/mol. The zero-order chi connectivity index (χ0) is 11.8. The van der Waals surface area contributed by atoms with Crippen LogP contribution < -0.4 is 4.90 Å². The molecule has 16 heavy (non-hydrogen) atoms. The first-order valence-electron chi connectivity index (χ1n) is 4.54. The van der Waals surface area contributed by atoms with Gasteiger partial charge in [-0.25, -0.2) is 5.10 Å². The van der Waals surface area contributed by atoms with E-state index in [1.54, 1.807) is 0 Å². The molecule has 1 amide bonds. The van der Waals surface area contributed by atoms with Crippen molar-refractivity contribution in [3.63, 3.8) is 0 Å². The molecule has 1 aromatic heterocycles. The molecule has 0 saturated carbocycles. The van der Waals surface area contributed by atoms with Crippen molar-refractivity contribution in [2.45, 2.75) is 6.42 Å². The average Bonchev–Trinajstić information content (AvgIpc) is 2.71. The van der Waals surface area contributed by atoms with Crippen molar-refractivity contribution in [1.29, 1.82) is 0 Å². The van der Waals surface area contributed by atoms with Crippen molar-refractivity contribution in [2.24, 2.45) is 5.92 Å². The van der Waals surface area contributed by atoms with Gasteiger partial charge in [-0.15, -0.1) is 3.89 Å². The molecule has 1 aromatic rings. The number of carbonyl (C=O) groups is 1. The third kappa shape index (κ3) is 2.35. The van der Waals surface area contributed by atoms with Gasteiger partial charge in [-0.1, -0.05) is 0 Å². The predicted octanol–water partition coefficient (Wildman–Crippen LogP) is -0.543. The molecule has 0 radical (unpaired) electrons. The van der Waals surface area contributed by atoms with E-state index < -0.39 is 21.9 Å². The van der Waals surface area contributed by atoms with E-state index in [1.165, 1.54) is 11.2 Å². The highest BCUT2D eigenvalue weighted by molar-refractivity contribution is 7.86. The second-order valence-corrected chi connectivity index (χ2v) is 5.00. The molecular weight excluding hydrogens is 239 g/mol. The minimum absolute atomic E-state index is 0.00382. The Morgan fingerprint density at radius 2 is 2.38 bits per heavy atom. The van der Waals surface area contributed by atoms with Gasteiger partial charge in [0.1, 0.15) is 6.33 Å². The first-order valence-corrected chi connectivity index (χ1v) is 6.09. The first kappa shape index (κ1) is 11.0. The molecule has 0 aromatic carbocycles. The van der Waals surface area contributed by atoms with Crippen LogP contribution in [0.1, 0.15) is 6.42 Å². The summed E-state index contributed by atoms with van der Waals surface area (Å²) < 4.78 is 33.4. The molecule has 1 unspecified atom stereocenters. The van der Waals surface area contributed by atoms with E-state index in [2.05, 4.69) is 15.2 Å². The van der Waals surface area contributed by atoms with Gasteiger partial charge in [0.15, 0.2) is 0 Å². The number of anilines is 1. The summed E-state index contributed by atoms with van der Waals surface area (Å²) in [7, 11) is -4.55. The number of halogens is 1. The van der Waals surface area contributed by atoms with Gasteiger partial charge in [-0.2, -0.15) is 18.5 Å². The Kier molecular flexibility index (Phi) is 2.62. The van der Waals surface area contributed by atoms with Crippen molar-refractivity contribution < 1.29 is 17.1 Å². The lowest BCUT2D eigenvalue weighted by Gasteiger charge is -2.11. The Bertz CT molecular complexity index is 486. The highest BCUT2D eigenvalue weighted by atomic mass is 32.3. The molecule has 1 aliphatic rings. The lowest BCUT2D eigenvalue weighted by molar-refractivity contribution is -0.117. The summed E-state index contributed by atoms with van der Waals surface area (Å²) in [5, 5.41) is 6.07. The molecule has 0 spiro atoms. The van der Waals surface area contributed by atoms with Gasteiger partial charge in [0, 0.05) is 18.9 Å². The number of H-pyrrole nitrogens is 1. The lowest BCUT2D eigenvalue weighted by Crippen LogP contribution is -2.26. The van der Waals surface area contributed by atoms with E-state index in [-0.39, 0.29) is 24.8 Å². The van der Waals surface area contributed by atoms with Crippen LogP contribution in [0.3, 0.4) is 0 Å². The molecule has 0 aliphatic carbocycles. The number of aromatic amines is 1. The molecule has 0 bridgehead atoms. The fraction of sp³-hybridized carbons (Fsp3) is 0.571. The number of rotatable bonds is 3. The maximum absolute atomic E-state index is 12.4. The summed E-state index contributed by atoms with van der Waals surface area (Å²) in [6.07, 6.45) is 1.24. The van der Waals surface area contributed by atoms with Crippen molar-refractivity contribution in [1.82, 2.24) is 15.2 Å². The Morgan fingerprint density at radius 3 is 2.94 bits per heavy atom. The van der Waals surface area contributed by atoms with Crippen LogP contribution in [0, 0.1) is 5.92 Å². The summed E-state index contributed by atoms with van der Waals surface area (Å²) in [5.74, 6) is -1.20. The zero-order valence-corrected chi connectivity index (χ0v) is 8.95. The number of hydrogen-bond donors (Lipinski definition) is 1. The molecule has 9 heteroatoms. The van der Waals surface area contributed by atoms with Crippen LogP contribution in [0.4, 0.5) is 9.83 Å². The van der Waals surface area contributed by atoms with Gasteiger partial charge in [-0.3, -0.25) is 9.69 Å². The van der Waals surface area contributed by atoms with Gasteiger partial charge < -0.3 is 0 Å². The molecule has 88 valence electrons. The zero-order valence-electron chi connectivity index (χ0n) is 8.13. The average molecular weight is 248 g/mol. The van der Waals surface area contributed by atoms with Crippen molar-refractivity contribution >= 4 is 22.1 Å². The third-order valence-electron chi connectivity index (χ3n) is 2.30. The van der Waals surface area contributed by atoms with Crippen LogP contribution in [0.2, 0.25) is 0 Å². The Morgan fingerprint density at radius 1 is 1.62 bits per heavy atom. The molecule has 7 nitrogen and oxygen atoms in total. The number of nitrogens with one attached hydrogen (secondary N) is 1. The fourth-order valence-corrected chi connectivity index (χ4v) is 2.49. The number of carbonyl (C=O) groups excluding carboxylic acids is 1. The van der Waals surface area contributed by atoms with E-state index >= 15 is 0 Å². The number of hydrogen-bond acceptors (Lipinski definition) is 5. The third-order valence-corrected chi connectivity index (χ3v) is 3.17. The summed E-state index contributed by atoms with van der Waals surface area (Å²) in [5.41, 5.74) is 0. The molecule has 1 fully saturated rings. The van der Waals surface area contributed by atoms with Crippen molar-refractivity contribution in [3.8, 4) is 0 Å². The largest absolute Gasteiger partial charge is 0.302 e. The number of aromatic nitrogens is 3. The fourth-order valence-electron chi connectivity index (χ4n) is 1.71. The molecular formula is C7H9FN4O3S. The SMILES string of the molecule is O=C1CC(CS(=O)(=O)F)CN1c1ncn[nH]1.